The fourth-order valence-electron chi connectivity index (χ4n) is 3.65. The molecule has 1 aromatic heterocycles. The summed E-state index contributed by atoms with van der Waals surface area (Å²) in [5.74, 6) is -0.599. The number of rotatable bonds is 8. The molecule has 184 valence electrons. The van der Waals surface area contributed by atoms with Gasteiger partial charge in [-0.25, -0.2) is 0 Å². The molecule has 1 aliphatic rings. The second-order valence-corrected chi connectivity index (χ2v) is 8.64. The van der Waals surface area contributed by atoms with E-state index in [2.05, 4.69) is 10.4 Å². The molecule has 0 aliphatic heterocycles. The van der Waals surface area contributed by atoms with E-state index in [-0.39, 0.29) is 29.6 Å². The Bertz CT molecular complexity index is 1270. The predicted molar refractivity (Wildman–Crippen MR) is 121 cm³/mol. The number of anilines is 1. The van der Waals surface area contributed by atoms with E-state index < -0.39 is 28.6 Å². The summed E-state index contributed by atoms with van der Waals surface area (Å²) in [5, 5.41) is 17.7. The Hall–Kier alpha value is -3.89. The van der Waals surface area contributed by atoms with E-state index >= 15 is 0 Å². The van der Waals surface area contributed by atoms with Gasteiger partial charge in [-0.15, -0.1) is 0 Å². The highest BCUT2D eigenvalue weighted by Crippen LogP contribution is 2.42. The van der Waals surface area contributed by atoms with Gasteiger partial charge in [-0.1, -0.05) is 25.1 Å². The highest BCUT2D eigenvalue weighted by molar-refractivity contribution is 5.92. The zero-order valence-electron chi connectivity index (χ0n) is 19.0. The Balaban J connectivity index is 1.52. The quantitative estimate of drug-likeness (QED) is 0.307. The van der Waals surface area contributed by atoms with Crippen LogP contribution in [-0.4, -0.2) is 20.6 Å². The van der Waals surface area contributed by atoms with Gasteiger partial charge in [0.2, 0.25) is 5.91 Å². The van der Waals surface area contributed by atoms with Crippen LogP contribution in [0.4, 0.5) is 24.5 Å². The molecule has 0 bridgehead atoms. The number of non-ortho nitro benzene ring substituents is 1. The number of benzene rings is 2. The van der Waals surface area contributed by atoms with Crippen LogP contribution in [0.3, 0.4) is 0 Å². The lowest BCUT2D eigenvalue weighted by Crippen LogP contribution is -2.25. The Morgan fingerprint density at radius 1 is 1.26 bits per heavy atom. The molecule has 0 saturated heterocycles. The van der Waals surface area contributed by atoms with Gasteiger partial charge in [-0.05, 0) is 37.5 Å². The smallest absolute Gasteiger partial charge is 0.435 e. The van der Waals surface area contributed by atoms with Crippen molar-refractivity contribution in [2.24, 2.45) is 5.92 Å². The van der Waals surface area contributed by atoms with Crippen LogP contribution in [0, 0.1) is 23.0 Å². The fraction of sp³-hybridized carbons (Fsp3) is 0.333. The fourth-order valence-corrected chi connectivity index (χ4v) is 3.65. The maximum atomic E-state index is 13.1. The van der Waals surface area contributed by atoms with Gasteiger partial charge in [0.05, 0.1) is 29.1 Å². The average molecular weight is 488 g/mol. The number of nitro groups is 1. The van der Waals surface area contributed by atoms with Crippen LogP contribution in [0.15, 0.2) is 48.5 Å². The van der Waals surface area contributed by atoms with Crippen molar-refractivity contribution in [3.63, 3.8) is 0 Å². The van der Waals surface area contributed by atoms with Gasteiger partial charge in [0.15, 0.2) is 5.69 Å². The molecule has 2 aromatic carbocycles. The first kappa shape index (κ1) is 24.2. The second kappa shape index (κ2) is 9.40. The molecular weight excluding hydrogens is 465 g/mol. The lowest BCUT2D eigenvalue weighted by Gasteiger charge is -2.15. The maximum absolute atomic E-state index is 13.1. The first-order valence-corrected chi connectivity index (χ1v) is 11.0. The number of aryl methyl sites for hydroxylation is 1. The van der Waals surface area contributed by atoms with E-state index in [4.69, 9.17) is 4.74 Å². The molecule has 4 rings (SSSR count). The van der Waals surface area contributed by atoms with Crippen molar-refractivity contribution in [3.05, 3.63) is 75.6 Å². The SMILES string of the molecule is Cc1ccccc1Oc1cc(NC(=O)C(C)Cn2nc(C(F)(F)F)cc2C2CC2)cc([N+](=O)[O-])c1. The Morgan fingerprint density at radius 2 is 1.97 bits per heavy atom. The van der Waals surface area contributed by atoms with Gasteiger partial charge in [0, 0.05) is 23.7 Å². The van der Waals surface area contributed by atoms with Crippen molar-refractivity contribution >= 4 is 17.3 Å². The summed E-state index contributed by atoms with van der Waals surface area (Å²) in [4.78, 5) is 23.6. The number of ether oxygens (including phenoxy) is 1. The zero-order chi connectivity index (χ0) is 25.3. The monoisotopic (exact) mass is 488 g/mol. The lowest BCUT2D eigenvalue weighted by atomic mass is 10.1. The standard InChI is InChI=1S/C24H23F3N4O4/c1-14-5-3-4-6-21(14)35-19-10-17(9-18(11-19)31(33)34)28-23(32)15(2)13-30-20(16-7-8-16)12-22(29-30)24(25,26)27/h3-6,9-12,15-16H,7-8,13H2,1-2H3,(H,28,32). The highest BCUT2D eigenvalue weighted by Gasteiger charge is 2.38. The molecule has 1 saturated carbocycles. The number of aromatic nitrogens is 2. The molecule has 1 unspecified atom stereocenters. The van der Waals surface area contributed by atoms with Gasteiger partial charge < -0.3 is 10.1 Å². The molecule has 3 aromatic rings. The van der Waals surface area contributed by atoms with E-state index in [0.717, 1.165) is 24.5 Å². The Labute approximate surface area is 198 Å². The Morgan fingerprint density at radius 3 is 2.60 bits per heavy atom. The number of carbonyl (C=O) groups excluding carboxylic acids is 1. The lowest BCUT2D eigenvalue weighted by molar-refractivity contribution is -0.384. The first-order chi connectivity index (χ1) is 16.5. The van der Waals surface area contributed by atoms with Crippen molar-refractivity contribution in [2.45, 2.75) is 45.3 Å². The third-order valence-electron chi connectivity index (χ3n) is 5.68. The molecule has 1 aliphatic carbocycles. The number of nitro benzene ring substituents is 1. The number of hydrogen-bond acceptors (Lipinski definition) is 5. The third kappa shape index (κ3) is 5.79. The normalized spacial score (nSPS) is 14.4. The van der Waals surface area contributed by atoms with Crippen molar-refractivity contribution in [2.75, 3.05) is 5.32 Å². The number of alkyl halides is 3. The van der Waals surface area contributed by atoms with Crippen LogP contribution in [-0.2, 0) is 17.5 Å². The summed E-state index contributed by atoms with van der Waals surface area (Å²) in [5.41, 5.74) is 0.155. The minimum absolute atomic E-state index is 0.00628. The van der Waals surface area contributed by atoms with Gasteiger partial charge in [0.1, 0.15) is 11.5 Å². The molecular formula is C24H23F3N4O4. The van der Waals surface area contributed by atoms with Gasteiger partial charge in [-0.3, -0.25) is 19.6 Å². The molecule has 1 amide bonds. The molecule has 1 N–H and O–H groups in total. The van der Waals surface area contributed by atoms with Crippen molar-refractivity contribution in [1.82, 2.24) is 9.78 Å². The predicted octanol–water partition coefficient (Wildman–Crippen LogP) is 6.06. The van der Waals surface area contributed by atoms with Crippen LogP contribution in [0.5, 0.6) is 11.5 Å². The summed E-state index contributed by atoms with van der Waals surface area (Å²) >= 11 is 0. The molecule has 0 spiro atoms. The van der Waals surface area contributed by atoms with Crippen molar-refractivity contribution in [3.8, 4) is 11.5 Å². The topological polar surface area (TPSA) is 99.3 Å². The summed E-state index contributed by atoms with van der Waals surface area (Å²) in [6, 6.07) is 12.1. The highest BCUT2D eigenvalue weighted by atomic mass is 19.4. The molecule has 1 heterocycles. The minimum atomic E-state index is -4.57. The molecule has 1 atom stereocenters. The number of nitrogens with one attached hydrogen (secondary N) is 1. The number of hydrogen-bond donors (Lipinski definition) is 1. The van der Waals surface area contributed by atoms with Crippen molar-refractivity contribution in [1.29, 1.82) is 0 Å². The summed E-state index contributed by atoms with van der Waals surface area (Å²) in [7, 11) is 0. The second-order valence-electron chi connectivity index (χ2n) is 8.64. The van der Waals surface area contributed by atoms with Gasteiger partial charge >= 0.3 is 6.18 Å². The summed E-state index contributed by atoms with van der Waals surface area (Å²) < 4.78 is 46.5. The van der Waals surface area contributed by atoms with Crippen LogP contribution < -0.4 is 10.1 Å². The van der Waals surface area contributed by atoms with E-state index in [1.165, 1.54) is 22.9 Å². The first-order valence-electron chi connectivity index (χ1n) is 11.0. The number of halogens is 3. The van der Waals surface area contributed by atoms with Gasteiger partial charge in [0.25, 0.3) is 5.69 Å². The van der Waals surface area contributed by atoms with E-state index in [1.807, 2.05) is 19.1 Å². The maximum Gasteiger partial charge on any atom is 0.435 e. The van der Waals surface area contributed by atoms with Crippen LogP contribution in [0.2, 0.25) is 0 Å². The molecule has 1 fully saturated rings. The van der Waals surface area contributed by atoms with Crippen LogP contribution >= 0.6 is 0 Å². The minimum Gasteiger partial charge on any atom is -0.457 e. The van der Waals surface area contributed by atoms with Crippen LogP contribution in [0.1, 0.15) is 42.6 Å². The van der Waals surface area contributed by atoms with Gasteiger partial charge in [-0.2, -0.15) is 18.3 Å². The average Bonchev–Trinajstić information content (AvgIpc) is 3.54. The van der Waals surface area contributed by atoms with E-state index in [0.29, 0.717) is 11.4 Å². The number of amides is 1. The largest absolute Gasteiger partial charge is 0.457 e. The molecule has 0 radical (unpaired) electrons. The summed E-state index contributed by atoms with van der Waals surface area (Å²) in [6.07, 6.45) is -3.02. The molecule has 35 heavy (non-hydrogen) atoms. The van der Waals surface area contributed by atoms with E-state index in [9.17, 15) is 28.1 Å². The molecule has 11 heteroatoms. The third-order valence-corrected chi connectivity index (χ3v) is 5.68. The number of nitrogens with zero attached hydrogens (tertiary/aromatic N) is 3. The van der Waals surface area contributed by atoms with E-state index in [1.54, 1.807) is 19.1 Å². The van der Waals surface area contributed by atoms with Crippen molar-refractivity contribution < 1.29 is 27.6 Å². The number of carbonyl (C=O) groups is 1. The van der Waals surface area contributed by atoms with Crippen LogP contribution in [0.25, 0.3) is 0 Å². The Kier molecular flexibility index (Phi) is 6.51. The summed E-state index contributed by atoms with van der Waals surface area (Å²) in [6.45, 7) is 3.32. The number of para-hydroxylation sites is 1. The molecule has 8 nitrogen and oxygen atoms in total. The zero-order valence-corrected chi connectivity index (χ0v) is 19.0.